The average Bonchev–Trinajstić information content (AvgIpc) is 2.41. The summed E-state index contributed by atoms with van der Waals surface area (Å²) in [6.45, 7) is 0. The lowest BCUT2D eigenvalue weighted by Gasteiger charge is -2.16. The Labute approximate surface area is 112 Å². The Morgan fingerprint density at radius 3 is 2.11 bits per heavy atom. The second-order valence-electron chi connectivity index (χ2n) is 3.64. The van der Waals surface area contributed by atoms with E-state index in [-0.39, 0.29) is 5.11 Å². The third-order valence-corrected chi connectivity index (χ3v) is 2.50. The van der Waals surface area contributed by atoms with Gasteiger partial charge in [0.05, 0.1) is 11.9 Å². The van der Waals surface area contributed by atoms with Gasteiger partial charge in [-0.2, -0.15) is 5.10 Å². The molecule has 0 radical (unpaired) electrons. The molecule has 3 nitrogen and oxygen atoms in total. The van der Waals surface area contributed by atoms with Gasteiger partial charge in [0.2, 0.25) is 0 Å². The molecule has 0 unspecified atom stereocenters. The van der Waals surface area contributed by atoms with E-state index in [4.69, 9.17) is 18.0 Å². The fourth-order valence-corrected chi connectivity index (χ4v) is 1.64. The highest BCUT2D eigenvalue weighted by molar-refractivity contribution is 7.80. The molecule has 2 aromatic rings. The van der Waals surface area contributed by atoms with E-state index in [1.807, 2.05) is 60.7 Å². The molecule has 0 saturated carbocycles. The van der Waals surface area contributed by atoms with Crippen LogP contribution in [0.3, 0.4) is 0 Å². The van der Waals surface area contributed by atoms with Gasteiger partial charge >= 0.3 is 0 Å². The lowest BCUT2D eigenvalue weighted by Crippen LogP contribution is -2.30. The normalized spacial score (nSPS) is 10.4. The van der Waals surface area contributed by atoms with Crippen LogP contribution in [-0.4, -0.2) is 11.3 Å². The smallest absolute Gasteiger partial charge is 0.191 e. The van der Waals surface area contributed by atoms with Crippen LogP contribution in [0.2, 0.25) is 0 Å². The fourth-order valence-electron chi connectivity index (χ4n) is 1.48. The molecule has 0 aliphatic heterocycles. The van der Waals surface area contributed by atoms with E-state index in [0.717, 1.165) is 11.3 Å². The van der Waals surface area contributed by atoms with Gasteiger partial charge in [-0.1, -0.05) is 48.5 Å². The van der Waals surface area contributed by atoms with E-state index in [1.165, 1.54) is 5.01 Å². The summed E-state index contributed by atoms with van der Waals surface area (Å²) in [5.41, 5.74) is 7.52. The summed E-state index contributed by atoms with van der Waals surface area (Å²) in [6.07, 6.45) is 1.73. The first-order chi connectivity index (χ1) is 8.77. The minimum absolute atomic E-state index is 0.216. The van der Waals surface area contributed by atoms with E-state index in [0.29, 0.717) is 0 Å². The molecular formula is C14H13N3S. The van der Waals surface area contributed by atoms with Gasteiger partial charge in [-0.15, -0.1) is 0 Å². The first-order valence-electron chi connectivity index (χ1n) is 5.51. The van der Waals surface area contributed by atoms with Gasteiger partial charge in [-0.25, -0.2) is 5.01 Å². The van der Waals surface area contributed by atoms with Crippen LogP contribution in [0.1, 0.15) is 5.56 Å². The van der Waals surface area contributed by atoms with E-state index < -0.39 is 0 Å². The molecule has 0 aliphatic carbocycles. The van der Waals surface area contributed by atoms with Gasteiger partial charge in [-0.05, 0) is 29.9 Å². The molecular weight excluding hydrogens is 242 g/mol. The van der Waals surface area contributed by atoms with Crippen molar-refractivity contribution in [1.29, 1.82) is 0 Å². The summed E-state index contributed by atoms with van der Waals surface area (Å²) >= 11 is 5.00. The van der Waals surface area contributed by atoms with Crippen molar-refractivity contribution in [3.05, 3.63) is 66.2 Å². The predicted octanol–water partition coefficient (Wildman–Crippen LogP) is 2.77. The summed E-state index contributed by atoms with van der Waals surface area (Å²) in [4.78, 5) is 0. The second kappa shape index (κ2) is 5.93. The first kappa shape index (κ1) is 12.3. The molecule has 0 aliphatic rings. The molecule has 2 rings (SSSR count). The molecule has 4 heteroatoms. The summed E-state index contributed by atoms with van der Waals surface area (Å²) in [5.74, 6) is 0. The molecule has 0 saturated heterocycles. The number of nitrogens with two attached hydrogens (primary N) is 1. The highest BCUT2D eigenvalue weighted by atomic mass is 32.1. The molecule has 2 N–H and O–H groups in total. The molecule has 0 atom stereocenters. The zero-order chi connectivity index (χ0) is 12.8. The number of hydrogen-bond donors (Lipinski definition) is 1. The number of benzene rings is 2. The van der Waals surface area contributed by atoms with Crippen molar-refractivity contribution in [2.45, 2.75) is 0 Å². The van der Waals surface area contributed by atoms with Crippen LogP contribution in [0.15, 0.2) is 65.8 Å². The van der Waals surface area contributed by atoms with Crippen molar-refractivity contribution in [1.82, 2.24) is 0 Å². The SMILES string of the molecule is NC(=S)N(N=Cc1ccccc1)c1ccccc1. The minimum atomic E-state index is 0.216. The third-order valence-electron chi connectivity index (χ3n) is 2.33. The maximum atomic E-state index is 5.68. The number of rotatable bonds is 3. The lowest BCUT2D eigenvalue weighted by atomic mass is 10.2. The van der Waals surface area contributed by atoms with Crippen LogP contribution in [-0.2, 0) is 0 Å². The summed E-state index contributed by atoms with van der Waals surface area (Å²) in [7, 11) is 0. The maximum absolute atomic E-state index is 5.68. The van der Waals surface area contributed by atoms with E-state index in [1.54, 1.807) is 6.21 Å². The molecule has 0 bridgehead atoms. The lowest BCUT2D eigenvalue weighted by molar-refractivity contribution is 1.14. The van der Waals surface area contributed by atoms with Gasteiger partial charge in [0.1, 0.15) is 0 Å². The molecule has 0 fully saturated rings. The highest BCUT2D eigenvalue weighted by Gasteiger charge is 2.05. The standard InChI is InChI=1S/C14H13N3S/c15-14(18)17(13-9-5-2-6-10-13)16-11-12-7-3-1-4-8-12/h1-11H,(H2,15,18). The number of anilines is 1. The summed E-state index contributed by atoms with van der Waals surface area (Å²) in [5, 5.41) is 6.05. The Balaban J connectivity index is 2.23. The van der Waals surface area contributed by atoms with Gasteiger partial charge in [0, 0.05) is 0 Å². The molecule has 18 heavy (non-hydrogen) atoms. The Bertz CT molecular complexity index is 537. The quantitative estimate of drug-likeness (QED) is 0.521. The number of nitrogens with zero attached hydrogens (tertiary/aromatic N) is 2. The van der Waals surface area contributed by atoms with Crippen molar-refractivity contribution in [3.63, 3.8) is 0 Å². The number of hydrogen-bond acceptors (Lipinski definition) is 2. The Morgan fingerprint density at radius 1 is 1.00 bits per heavy atom. The van der Waals surface area contributed by atoms with Crippen LogP contribution < -0.4 is 10.7 Å². The van der Waals surface area contributed by atoms with Crippen LogP contribution in [0.4, 0.5) is 5.69 Å². The fraction of sp³-hybridized carbons (Fsp3) is 0. The zero-order valence-corrected chi connectivity index (χ0v) is 10.5. The van der Waals surface area contributed by atoms with Crippen LogP contribution in [0, 0.1) is 0 Å². The van der Waals surface area contributed by atoms with Crippen molar-refractivity contribution >= 4 is 29.2 Å². The predicted molar refractivity (Wildman–Crippen MR) is 79.7 cm³/mol. The van der Waals surface area contributed by atoms with Crippen LogP contribution in [0.5, 0.6) is 0 Å². The third kappa shape index (κ3) is 3.15. The topological polar surface area (TPSA) is 41.6 Å². The average molecular weight is 255 g/mol. The van der Waals surface area contributed by atoms with E-state index in [2.05, 4.69) is 5.10 Å². The molecule has 90 valence electrons. The number of hydrazone groups is 1. The molecule has 0 aromatic heterocycles. The zero-order valence-electron chi connectivity index (χ0n) is 9.73. The van der Waals surface area contributed by atoms with Gasteiger partial charge in [-0.3, -0.25) is 0 Å². The number of para-hydroxylation sites is 1. The number of thiocarbonyl (C=S) groups is 1. The summed E-state index contributed by atoms with van der Waals surface area (Å²) in [6, 6.07) is 19.4. The Hall–Kier alpha value is -2.20. The first-order valence-corrected chi connectivity index (χ1v) is 5.92. The largest absolute Gasteiger partial charge is 0.374 e. The molecule has 0 amide bonds. The van der Waals surface area contributed by atoms with Gasteiger partial charge in [0.15, 0.2) is 5.11 Å². The van der Waals surface area contributed by atoms with Crippen LogP contribution in [0.25, 0.3) is 0 Å². The molecule has 0 spiro atoms. The molecule has 0 heterocycles. The second-order valence-corrected chi connectivity index (χ2v) is 4.06. The van der Waals surface area contributed by atoms with Gasteiger partial charge in [0.25, 0.3) is 0 Å². The Morgan fingerprint density at radius 2 is 1.56 bits per heavy atom. The highest BCUT2D eigenvalue weighted by Crippen LogP contribution is 2.13. The van der Waals surface area contributed by atoms with Crippen molar-refractivity contribution in [2.24, 2.45) is 10.8 Å². The van der Waals surface area contributed by atoms with Crippen molar-refractivity contribution in [3.8, 4) is 0 Å². The molecule has 2 aromatic carbocycles. The van der Waals surface area contributed by atoms with Crippen LogP contribution >= 0.6 is 12.2 Å². The van der Waals surface area contributed by atoms with E-state index >= 15 is 0 Å². The summed E-state index contributed by atoms with van der Waals surface area (Å²) < 4.78 is 0. The van der Waals surface area contributed by atoms with Crippen molar-refractivity contribution in [2.75, 3.05) is 5.01 Å². The minimum Gasteiger partial charge on any atom is -0.374 e. The van der Waals surface area contributed by atoms with Crippen molar-refractivity contribution < 1.29 is 0 Å². The maximum Gasteiger partial charge on any atom is 0.191 e. The van der Waals surface area contributed by atoms with E-state index in [9.17, 15) is 0 Å². The Kier molecular flexibility index (Phi) is 4.04. The van der Waals surface area contributed by atoms with Gasteiger partial charge < -0.3 is 5.73 Å². The monoisotopic (exact) mass is 255 g/mol.